The quantitative estimate of drug-likeness (QED) is 0.357. The molecule has 0 aromatic rings. The van der Waals surface area contributed by atoms with Crippen molar-refractivity contribution in [2.45, 2.75) is 0 Å². The zero-order chi connectivity index (χ0) is 19.5. The molecule has 0 amide bonds. The van der Waals surface area contributed by atoms with Gasteiger partial charge in [-0.05, 0) is 0 Å². The molecule has 0 radical (unpaired) electrons. The average molecular weight is 406 g/mol. The normalized spacial score (nSPS) is 11.2. The molecule has 0 aliphatic rings. The Kier molecular flexibility index (Phi) is 22.9. The van der Waals surface area contributed by atoms with Crippen molar-refractivity contribution in [3.63, 3.8) is 0 Å². The van der Waals surface area contributed by atoms with Crippen molar-refractivity contribution in [3.05, 3.63) is 0 Å². The van der Waals surface area contributed by atoms with Gasteiger partial charge in [-0.25, -0.2) is 8.78 Å². The van der Waals surface area contributed by atoms with E-state index in [1.807, 2.05) is 0 Å². The molecule has 0 fully saturated rings. The molecule has 0 aromatic carbocycles. The highest BCUT2D eigenvalue weighted by Crippen LogP contribution is 2.09. The van der Waals surface area contributed by atoms with Gasteiger partial charge in [-0.1, -0.05) is 0 Å². The summed E-state index contributed by atoms with van der Waals surface area (Å²) in [6.45, 7) is -1.69. The van der Waals surface area contributed by atoms with E-state index in [0.717, 1.165) is 0 Å². The third kappa shape index (κ3) is 12.2. The topological polar surface area (TPSA) is 73.8 Å². The zero-order valence-electron chi connectivity index (χ0n) is 14.6. The van der Waals surface area contributed by atoms with Crippen LogP contribution in [-0.2, 0) is 35.4 Å². The molecule has 0 atom stereocenters. The van der Waals surface area contributed by atoms with Crippen LogP contribution in [0.15, 0.2) is 0 Å². The lowest BCUT2D eigenvalue weighted by Crippen LogP contribution is -2.48. The third-order valence-electron chi connectivity index (χ3n) is 2.21. The minimum atomic E-state index is -3.27. The van der Waals surface area contributed by atoms with Gasteiger partial charge in [0.05, 0.1) is 13.2 Å². The van der Waals surface area contributed by atoms with Crippen LogP contribution in [0.1, 0.15) is 0 Å². The summed E-state index contributed by atoms with van der Waals surface area (Å²) in [7, 11) is 2.62. The van der Waals surface area contributed by atoms with E-state index in [1.54, 1.807) is 0 Å². The van der Waals surface area contributed by atoms with E-state index < -0.39 is 31.4 Å². The molecule has 14 heteroatoms. The minimum absolute atomic E-state index is 0.180. The second kappa shape index (κ2) is 19.2. The predicted octanol–water partition coefficient (Wildman–Crippen LogP) is 1.53. The third-order valence-corrected chi connectivity index (χ3v) is 6.33. The van der Waals surface area contributed by atoms with Crippen LogP contribution in [0.3, 0.4) is 0 Å². The van der Waals surface area contributed by atoms with Crippen molar-refractivity contribution in [2.24, 2.45) is 0 Å². The number of rotatable bonds is 12. The summed E-state index contributed by atoms with van der Waals surface area (Å²) < 4.78 is 78.5. The second-order valence-electron chi connectivity index (χ2n) is 3.30. The van der Waals surface area contributed by atoms with Crippen molar-refractivity contribution in [1.29, 1.82) is 0 Å². The van der Waals surface area contributed by atoms with Crippen LogP contribution >= 0.6 is 0 Å². The van der Waals surface area contributed by atoms with Crippen LogP contribution in [0.4, 0.5) is 17.9 Å². The maximum absolute atomic E-state index is 11.8. The number of alkyl halides is 2. The first-order valence-electron chi connectivity index (χ1n) is 6.34. The Morgan fingerprint density at radius 1 is 0.542 bits per heavy atom. The predicted molar refractivity (Wildman–Crippen MR) is 79.6 cm³/mol. The van der Waals surface area contributed by atoms with E-state index in [2.05, 4.69) is 0 Å². The lowest BCUT2D eigenvalue weighted by atomic mass is 10.8. The Hall–Kier alpha value is -0.166. The van der Waals surface area contributed by atoms with Gasteiger partial charge in [-0.15, -0.1) is 0 Å². The highest BCUT2D eigenvalue weighted by molar-refractivity contribution is 6.53. The SMILES string of the molecule is CO[Si](OC)(OC)OC.CO[Si](OC)(OCCF)OCCF.FF. The molecular formula is C10H26F4O8Si2. The summed E-state index contributed by atoms with van der Waals surface area (Å²) >= 11 is 0. The molecule has 8 nitrogen and oxygen atoms in total. The molecule has 0 aliphatic carbocycles. The van der Waals surface area contributed by atoms with Gasteiger partial charge in [-0.3, -0.25) is 0 Å². The van der Waals surface area contributed by atoms with Crippen LogP contribution in [0, 0.1) is 0 Å². The van der Waals surface area contributed by atoms with E-state index >= 15 is 0 Å². The van der Waals surface area contributed by atoms with Crippen LogP contribution in [0.25, 0.3) is 0 Å². The molecule has 0 aromatic heterocycles. The highest BCUT2D eigenvalue weighted by atomic mass is 28.4. The summed E-state index contributed by atoms with van der Waals surface area (Å²) in [4.78, 5) is 0. The molecule has 0 unspecified atom stereocenters. The van der Waals surface area contributed by atoms with E-state index in [4.69, 9.17) is 44.6 Å². The van der Waals surface area contributed by atoms with E-state index in [9.17, 15) is 8.78 Å². The van der Waals surface area contributed by atoms with Gasteiger partial charge in [0.2, 0.25) is 0 Å². The van der Waals surface area contributed by atoms with E-state index in [0.29, 0.717) is 0 Å². The maximum atomic E-state index is 11.8. The van der Waals surface area contributed by atoms with Gasteiger partial charge in [0, 0.05) is 51.8 Å². The molecule has 0 aliphatic heterocycles. The zero-order valence-corrected chi connectivity index (χ0v) is 16.6. The standard InChI is InChI=1S/C6H14F2O4Si.C4H12O4Si.F2/c1-9-13(10-2,11-5-3-7)12-6-4-8;1-5-9(6-2,7-3)8-4;1-2/h3-6H2,1-2H3;1-4H3;. The largest absolute Gasteiger partial charge is 0.679 e. The Morgan fingerprint density at radius 2 is 0.792 bits per heavy atom. The van der Waals surface area contributed by atoms with Crippen LogP contribution in [0.5, 0.6) is 0 Å². The Balaban J connectivity index is -0.000000351. The molecule has 0 N–H and O–H groups in total. The minimum Gasteiger partial charge on any atom is -0.355 e. The first-order valence-corrected chi connectivity index (χ1v) is 9.60. The van der Waals surface area contributed by atoms with Crippen molar-refractivity contribution in [1.82, 2.24) is 0 Å². The second-order valence-corrected chi connectivity index (χ2v) is 8.33. The van der Waals surface area contributed by atoms with Gasteiger partial charge in [0.1, 0.15) is 13.3 Å². The van der Waals surface area contributed by atoms with Gasteiger partial charge >= 0.3 is 18.1 Å². The van der Waals surface area contributed by atoms with Crippen LogP contribution < -0.4 is 0 Å². The molecule has 0 bridgehead atoms. The summed E-state index contributed by atoms with van der Waals surface area (Å²) in [5.41, 5.74) is 0. The molecule has 0 saturated carbocycles. The Morgan fingerprint density at radius 3 is 0.917 bits per heavy atom. The Bertz CT molecular complexity index is 223. The lowest BCUT2D eigenvalue weighted by molar-refractivity contribution is -0.0139. The summed E-state index contributed by atoms with van der Waals surface area (Å²) in [6.07, 6.45) is 0. The van der Waals surface area contributed by atoms with Crippen LogP contribution in [-0.4, -0.2) is 87.3 Å². The molecule has 24 heavy (non-hydrogen) atoms. The first kappa shape index (κ1) is 28.6. The van der Waals surface area contributed by atoms with Crippen molar-refractivity contribution in [2.75, 3.05) is 69.2 Å². The van der Waals surface area contributed by atoms with Crippen molar-refractivity contribution >= 4 is 18.1 Å². The Labute approximate surface area is 141 Å². The lowest BCUT2D eigenvalue weighted by Gasteiger charge is -2.23. The summed E-state index contributed by atoms with van der Waals surface area (Å²) in [5.74, 6) is 0. The fourth-order valence-electron chi connectivity index (χ4n) is 1.19. The molecule has 150 valence electrons. The molecule has 0 spiro atoms. The molecule has 0 saturated heterocycles. The molecular weight excluding hydrogens is 380 g/mol. The van der Waals surface area contributed by atoms with Gasteiger partial charge in [0.15, 0.2) is 0 Å². The average Bonchev–Trinajstić information content (AvgIpc) is 2.67. The summed E-state index contributed by atoms with van der Waals surface area (Å²) in [5, 5.41) is 0. The van der Waals surface area contributed by atoms with Crippen LogP contribution in [0.2, 0.25) is 0 Å². The van der Waals surface area contributed by atoms with Crippen molar-refractivity contribution in [3.8, 4) is 0 Å². The fraction of sp³-hybridized carbons (Fsp3) is 1.00. The maximum Gasteiger partial charge on any atom is 0.679 e. The summed E-state index contributed by atoms with van der Waals surface area (Å²) in [6, 6.07) is 0. The van der Waals surface area contributed by atoms with Gasteiger partial charge in [0.25, 0.3) is 0 Å². The number of hydrogen-bond acceptors (Lipinski definition) is 8. The first-order chi connectivity index (χ1) is 11.5. The fourth-order valence-corrected chi connectivity index (χ4v) is 3.56. The number of halogens is 4. The van der Waals surface area contributed by atoms with Gasteiger partial charge < -0.3 is 35.4 Å². The monoisotopic (exact) mass is 406 g/mol. The van der Waals surface area contributed by atoms with Crippen molar-refractivity contribution < 1.29 is 53.3 Å². The van der Waals surface area contributed by atoms with Gasteiger partial charge in [-0.2, -0.15) is 0 Å². The number of hydrogen-bond donors (Lipinski definition) is 0. The van der Waals surface area contributed by atoms with E-state index in [-0.39, 0.29) is 13.2 Å². The molecule has 0 heterocycles. The molecule has 0 rings (SSSR count). The smallest absolute Gasteiger partial charge is 0.355 e. The van der Waals surface area contributed by atoms with E-state index in [1.165, 1.54) is 42.7 Å². The highest BCUT2D eigenvalue weighted by Gasteiger charge is 2.43.